The first-order chi connectivity index (χ1) is 17.5. The molecule has 3 aromatic carbocycles. The van der Waals surface area contributed by atoms with Gasteiger partial charge in [-0.05, 0) is 42.5 Å². The van der Waals surface area contributed by atoms with Crippen molar-refractivity contribution in [3.8, 4) is 34.1 Å². The number of halogens is 6. The molecule has 1 aromatic heterocycles. The summed E-state index contributed by atoms with van der Waals surface area (Å²) >= 11 is 3.22. The van der Waals surface area contributed by atoms with Crippen molar-refractivity contribution in [2.75, 3.05) is 7.11 Å². The fourth-order valence-corrected chi connectivity index (χ4v) is 3.51. The maximum Gasteiger partial charge on any atom is 1.00 e. The van der Waals surface area contributed by atoms with Gasteiger partial charge in [0.2, 0.25) is 6.16 Å². The summed E-state index contributed by atoms with van der Waals surface area (Å²) < 4.78 is 64.1. The molecule has 4 rings (SSSR count). The van der Waals surface area contributed by atoms with Crippen LogP contribution >= 0.6 is 28.3 Å². The molecular formula is C25H19BrClF4KN2O5. The number of aromatic amines is 1. The van der Waals surface area contributed by atoms with E-state index in [9.17, 15) is 17.6 Å². The van der Waals surface area contributed by atoms with Gasteiger partial charge < -0.3 is 29.5 Å². The van der Waals surface area contributed by atoms with Gasteiger partial charge in [-0.2, -0.15) is 13.2 Å². The van der Waals surface area contributed by atoms with E-state index < -0.39 is 17.9 Å². The molecule has 1 heterocycles. The normalized spacial score (nSPS) is 10.3. The van der Waals surface area contributed by atoms with Crippen LogP contribution in [0.5, 0.6) is 11.5 Å². The maximum atomic E-state index is 14.0. The summed E-state index contributed by atoms with van der Waals surface area (Å²) in [7, 11) is 1.49. The molecule has 0 atom stereocenters. The van der Waals surface area contributed by atoms with Gasteiger partial charge in [-0.25, -0.2) is 9.37 Å². The molecule has 0 aliphatic heterocycles. The molecule has 0 unspecified atom stereocenters. The van der Waals surface area contributed by atoms with Crippen molar-refractivity contribution in [2.45, 2.75) is 12.8 Å². The third-order valence-electron chi connectivity index (χ3n) is 4.93. The average Bonchev–Trinajstić information content (AvgIpc) is 3.33. The van der Waals surface area contributed by atoms with Crippen molar-refractivity contribution in [3.05, 3.63) is 88.3 Å². The number of benzene rings is 3. The van der Waals surface area contributed by atoms with Crippen molar-refractivity contribution < 1.29 is 93.4 Å². The van der Waals surface area contributed by atoms with E-state index in [0.717, 1.165) is 17.7 Å². The van der Waals surface area contributed by atoms with Crippen LogP contribution in [0.15, 0.2) is 71.3 Å². The standard InChI is InChI=1S/C24H17BrF4N2O2.CH2O3.ClH.K/c1-32-22-10-15(5-9-21(22)33-13-16-4-8-18(25)11-19(16)26)20-12-30-23(31-20)14-2-6-17(7-3-14)24(27,28)29;2-1(3)4;;/h2-12H,13H2,1H3,(H,30,31);(H2,2,3,4);1H;/q;;;+1/p-1. The summed E-state index contributed by atoms with van der Waals surface area (Å²) in [6, 6.07) is 14.7. The predicted molar refractivity (Wildman–Crippen MR) is 135 cm³/mol. The Morgan fingerprint density at radius 1 is 1.05 bits per heavy atom. The molecular weight excluding hydrogens is 639 g/mol. The monoisotopic (exact) mass is 656 g/mol. The quantitative estimate of drug-likeness (QED) is 0.243. The molecule has 14 heteroatoms. The number of aromatic nitrogens is 2. The van der Waals surface area contributed by atoms with Gasteiger partial charge >= 0.3 is 57.6 Å². The second-order valence-corrected chi connectivity index (χ2v) is 8.29. The number of hydrogen-bond donors (Lipinski definition) is 2. The molecule has 202 valence electrons. The van der Waals surface area contributed by atoms with Gasteiger partial charge in [0.1, 0.15) is 18.2 Å². The first kappa shape index (κ1) is 34.9. The van der Waals surface area contributed by atoms with Crippen LogP contribution in [-0.2, 0) is 12.8 Å². The van der Waals surface area contributed by atoms with Crippen molar-refractivity contribution in [3.63, 3.8) is 0 Å². The van der Waals surface area contributed by atoms with Gasteiger partial charge in [0.25, 0.3) is 0 Å². The van der Waals surface area contributed by atoms with Crippen LogP contribution in [0, 0.1) is 5.82 Å². The summed E-state index contributed by atoms with van der Waals surface area (Å²) in [5.41, 5.74) is 1.59. The zero-order chi connectivity index (χ0) is 27.2. The molecule has 0 spiro atoms. The minimum absolute atomic E-state index is 0. The van der Waals surface area contributed by atoms with Crippen LogP contribution in [0.2, 0.25) is 0 Å². The number of nitrogens with one attached hydrogen (secondary N) is 1. The Morgan fingerprint density at radius 3 is 2.23 bits per heavy atom. The van der Waals surface area contributed by atoms with Crippen LogP contribution < -0.4 is 66.0 Å². The van der Waals surface area contributed by atoms with E-state index in [2.05, 4.69) is 25.9 Å². The fourth-order valence-electron chi connectivity index (χ4n) is 3.18. The van der Waals surface area contributed by atoms with Crippen LogP contribution in [0.3, 0.4) is 0 Å². The molecule has 0 fully saturated rings. The number of ether oxygens (including phenoxy) is 2. The second-order valence-electron chi connectivity index (χ2n) is 7.38. The van der Waals surface area contributed by atoms with Gasteiger partial charge in [-0.1, -0.05) is 34.1 Å². The molecule has 0 saturated carbocycles. The Bertz CT molecular complexity index is 1380. The van der Waals surface area contributed by atoms with Gasteiger partial charge in [0.15, 0.2) is 11.5 Å². The Kier molecular flexibility index (Phi) is 14.0. The molecule has 0 bridgehead atoms. The average molecular weight is 658 g/mol. The first-order valence-corrected chi connectivity index (χ1v) is 11.1. The Morgan fingerprint density at radius 2 is 1.67 bits per heavy atom. The van der Waals surface area contributed by atoms with Gasteiger partial charge in [-0.15, -0.1) is 12.4 Å². The summed E-state index contributed by atoms with van der Waals surface area (Å²) in [5, 5.41) is 15.3. The van der Waals surface area contributed by atoms with E-state index in [0.29, 0.717) is 38.6 Å². The Labute approximate surface area is 277 Å². The smallest absolute Gasteiger partial charge is 0.565 e. The van der Waals surface area contributed by atoms with E-state index in [4.69, 9.17) is 24.5 Å². The molecule has 7 nitrogen and oxygen atoms in total. The molecule has 0 aliphatic carbocycles. The summed E-state index contributed by atoms with van der Waals surface area (Å²) in [6.45, 7) is 0.0247. The summed E-state index contributed by atoms with van der Waals surface area (Å²) in [4.78, 5) is 15.8. The fraction of sp³-hybridized carbons (Fsp3) is 0.120. The van der Waals surface area contributed by atoms with E-state index in [1.165, 1.54) is 25.3 Å². The zero-order valence-corrected chi connectivity index (χ0v) is 25.9. The molecule has 0 radical (unpaired) electrons. The van der Waals surface area contributed by atoms with Gasteiger partial charge in [0, 0.05) is 21.2 Å². The van der Waals surface area contributed by atoms with Gasteiger partial charge in [0.05, 0.1) is 24.6 Å². The molecule has 0 aliphatic rings. The first-order valence-electron chi connectivity index (χ1n) is 10.4. The number of nitrogens with zero attached hydrogens (tertiary/aromatic N) is 1. The third kappa shape index (κ3) is 10.1. The molecule has 0 saturated heterocycles. The van der Waals surface area contributed by atoms with E-state index >= 15 is 0 Å². The summed E-state index contributed by atoms with van der Waals surface area (Å²) in [6.07, 6.45) is -4.89. The van der Waals surface area contributed by atoms with Crippen molar-refractivity contribution in [1.29, 1.82) is 0 Å². The SMILES string of the molecule is COc1cc(-c2cnc(-c3ccc(C(F)(F)F)cc3)[nH]2)ccc1OCc1ccc(Br)cc1F.Cl.O=C([O-])O.[K+]. The zero-order valence-electron chi connectivity index (χ0n) is 20.4. The van der Waals surface area contributed by atoms with Crippen molar-refractivity contribution in [1.82, 2.24) is 9.97 Å². The van der Waals surface area contributed by atoms with Crippen LogP contribution in [0.1, 0.15) is 11.1 Å². The number of alkyl halides is 3. The second kappa shape index (κ2) is 15.6. The Hall–Kier alpha value is -2.13. The number of carboxylic acid groups (broad SMARTS) is 2. The van der Waals surface area contributed by atoms with E-state index in [1.54, 1.807) is 36.5 Å². The number of rotatable bonds is 6. The number of hydrogen-bond acceptors (Lipinski definition) is 5. The van der Waals surface area contributed by atoms with Gasteiger partial charge in [-0.3, -0.25) is 0 Å². The van der Waals surface area contributed by atoms with Crippen molar-refractivity contribution in [2.24, 2.45) is 0 Å². The topological polar surface area (TPSA) is 108 Å². The number of imidazole rings is 1. The predicted octanol–water partition coefficient (Wildman–Crippen LogP) is 3.57. The van der Waals surface area contributed by atoms with Crippen molar-refractivity contribution >= 4 is 34.5 Å². The summed E-state index contributed by atoms with van der Waals surface area (Å²) in [5.74, 6) is 0.929. The van der Waals surface area contributed by atoms with Crippen LogP contribution in [0.4, 0.5) is 22.4 Å². The number of methoxy groups -OCH3 is 1. The number of H-pyrrole nitrogens is 1. The minimum atomic E-state index is -4.39. The molecule has 2 N–H and O–H groups in total. The van der Waals surface area contributed by atoms with E-state index in [1.807, 2.05) is 0 Å². The van der Waals surface area contributed by atoms with E-state index in [-0.39, 0.29) is 76.2 Å². The minimum Gasteiger partial charge on any atom is -0.565 e. The third-order valence-corrected chi connectivity index (χ3v) is 5.43. The van der Waals surface area contributed by atoms with Crippen LogP contribution in [-0.4, -0.2) is 28.3 Å². The molecule has 4 aromatic rings. The Balaban J connectivity index is 0.00000119. The van der Waals surface area contributed by atoms with Crippen LogP contribution in [0.25, 0.3) is 22.6 Å². The molecule has 39 heavy (non-hydrogen) atoms. The maximum absolute atomic E-state index is 14.0. The number of carbonyl (C=O) groups is 1. The largest absolute Gasteiger partial charge is 1.00 e. The molecule has 0 amide bonds.